The summed E-state index contributed by atoms with van der Waals surface area (Å²) in [6, 6.07) is 0. The van der Waals surface area contributed by atoms with Gasteiger partial charge in [-0.15, -0.1) is 0 Å². The number of allylic oxidation sites excluding steroid dienone is 1. The van der Waals surface area contributed by atoms with Crippen LogP contribution >= 0.6 is 0 Å². The van der Waals surface area contributed by atoms with Gasteiger partial charge in [-0.2, -0.15) is 0 Å². The lowest BCUT2D eigenvalue weighted by Gasteiger charge is -2.06. The molecule has 88 valence electrons. The highest BCUT2D eigenvalue weighted by molar-refractivity contribution is 5.92. The summed E-state index contributed by atoms with van der Waals surface area (Å²) >= 11 is 0. The van der Waals surface area contributed by atoms with Crippen molar-refractivity contribution in [3.05, 3.63) is 23.7 Å². The van der Waals surface area contributed by atoms with Gasteiger partial charge >= 0.3 is 5.97 Å². The summed E-state index contributed by atoms with van der Waals surface area (Å²) in [5, 5.41) is 0. The first-order valence-electron chi connectivity index (χ1n) is 5.11. The highest BCUT2D eigenvalue weighted by Crippen LogP contribution is 2.16. The molecule has 1 heterocycles. The molecule has 1 rings (SSSR count). The zero-order valence-electron chi connectivity index (χ0n) is 9.91. The number of hydrogen-bond acceptors (Lipinski definition) is 4. The lowest BCUT2D eigenvalue weighted by atomic mass is 10.3. The zero-order valence-corrected chi connectivity index (χ0v) is 9.91. The Morgan fingerprint density at radius 1 is 1.62 bits per heavy atom. The molecule has 5 heteroatoms. The minimum atomic E-state index is -0.483. The van der Waals surface area contributed by atoms with Crippen molar-refractivity contribution in [1.82, 2.24) is 9.55 Å². The minimum absolute atomic E-state index is 0.181. The summed E-state index contributed by atoms with van der Waals surface area (Å²) in [4.78, 5) is 15.6. The van der Waals surface area contributed by atoms with E-state index in [0.29, 0.717) is 24.8 Å². The number of ether oxygens (including phenoxy) is 1. The normalized spacial score (nSPS) is 10.2. The second kappa shape index (κ2) is 4.83. The van der Waals surface area contributed by atoms with Gasteiger partial charge in [-0.05, 0) is 20.8 Å². The Bertz CT molecular complexity index is 421. The number of nitrogens with two attached hydrogens (primary N) is 1. The Hall–Kier alpha value is -1.78. The topological polar surface area (TPSA) is 70.1 Å². The Morgan fingerprint density at radius 3 is 2.75 bits per heavy atom. The molecule has 0 unspecified atom stereocenters. The maximum atomic E-state index is 11.5. The van der Waals surface area contributed by atoms with Crippen LogP contribution in [0, 0.1) is 6.92 Å². The van der Waals surface area contributed by atoms with E-state index >= 15 is 0 Å². The molecule has 5 nitrogen and oxygen atoms in total. The third kappa shape index (κ3) is 2.42. The molecule has 0 bridgehead atoms. The van der Waals surface area contributed by atoms with Gasteiger partial charge in [-0.3, -0.25) is 0 Å². The van der Waals surface area contributed by atoms with Gasteiger partial charge in [0.15, 0.2) is 5.69 Å². The summed E-state index contributed by atoms with van der Waals surface area (Å²) in [5.41, 5.74) is 6.97. The van der Waals surface area contributed by atoms with Crippen molar-refractivity contribution in [3.8, 4) is 0 Å². The van der Waals surface area contributed by atoms with Gasteiger partial charge in [0.05, 0.1) is 6.61 Å². The molecule has 0 amide bonds. The third-order valence-electron chi connectivity index (χ3n) is 2.09. The van der Waals surface area contributed by atoms with Crippen molar-refractivity contribution in [1.29, 1.82) is 0 Å². The average molecular weight is 223 g/mol. The van der Waals surface area contributed by atoms with Gasteiger partial charge in [0, 0.05) is 6.54 Å². The number of nitrogen functional groups attached to an aromatic ring is 1. The number of aromatic nitrogens is 2. The lowest BCUT2D eigenvalue weighted by molar-refractivity contribution is 0.0521. The summed E-state index contributed by atoms with van der Waals surface area (Å²) in [6.45, 7) is 10.1. The fraction of sp³-hybridized carbons (Fsp3) is 0.455. The molecule has 1 aromatic rings. The summed E-state index contributed by atoms with van der Waals surface area (Å²) < 4.78 is 6.61. The molecule has 0 saturated heterocycles. The first-order valence-corrected chi connectivity index (χ1v) is 5.11. The molecule has 0 aromatic carbocycles. The van der Waals surface area contributed by atoms with Crippen molar-refractivity contribution < 1.29 is 9.53 Å². The number of nitrogens with zero attached hydrogens (tertiary/aromatic N) is 2. The van der Waals surface area contributed by atoms with Gasteiger partial charge in [-0.25, -0.2) is 9.78 Å². The summed E-state index contributed by atoms with van der Waals surface area (Å²) in [6.07, 6.45) is 0. The molecule has 0 aliphatic heterocycles. The zero-order chi connectivity index (χ0) is 12.3. The van der Waals surface area contributed by atoms with E-state index in [4.69, 9.17) is 10.5 Å². The van der Waals surface area contributed by atoms with Crippen LogP contribution in [0.5, 0.6) is 0 Å². The largest absolute Gasteiger partial charge is 0.461 e. The molecule has 0 aliphatic rings. The van der Waals surface area contributed by atoms with E-state index in [1.54, 1.807) is 18.4 Å². The lowest BCUT2D eigenvalue weighted by Crippen LogP contribution is -2.10. The van der Waals surface area contributed by atoms with Crippen molar-refractivity contribution in [2.24, 2.45) is 0 Å². The molecular formula is C11H17N3O2. The van der Waals surface area contributed by atoms with Gasteiger partial charge in [0.1, 0.15) is 11.6 Å². The SMILES string of the molecule is C=C(C)Cn1c(C)nc(C(=O)OCC)c1N. The van der Waals surface area contributed by atoms with Gasteiger partial charge in [0.2, 0.25) is 0 Å². The number of anilines is 1. The quantitative estimate of drug-likeness (QED) is 0.620. The standard InChI is InChI=1S/C11H17N3O2/c1-5-16-11(15)9-10(12)14(6-7(2)3)8(4)13-9/h2,5-6,12H2,1,3-4H3. The Morgan fingerprint density at radius 2 is 2.25 bits per heavy atom. The van der Waals surface area contributed by atoms with Crippen molar-refractivity contribution in [2.75, 3.05) is 12.3 Å². The van der Waals surface area contributed by atoms with Gasteiger partial charge in [-0.1, -0.05) is 12.2 Å². The molecule has 0 spiro atoms. The molecular weight excluding hydrogens is 206 g/mol. The second-order valence-corrected chi connectivity index (χ2v) is 3.66. The van der Waals surface area contributed by atoms with Crippen LogP contribution in [-0.2, 0) is 11.3 Å². The van der Waals surface area contributed by atoms with Crippen LogP contribution in [0.3, 0.4) is 0 Å². The van der Waals surface area contributed by atoms with Crippen molar-refractivity contribution in [2.45, 2.75) is 27.3 Å². The average Bonchev–Trinajstić information content (AvgIpc) is 2.45. The van der Waals surface area contributed by atoms with E-state index in [-0.39, 0.29) is 5.69 Å². The number of aryl methyl sites for hydroxylation is 1. The number of carbonyl (C=O) groups is 1. The van der Waals surface area contributed by atoms with Crippen LogP contribution in [0.25, 0.3) is 0 Å². The predicted octanol–water partition coefficient (Wildman–Crippen LogP) is 1.53. The molecule has 0 saturated carbocycles. The Kier molecular flexibility index (Phi) is 3.71. The minimum Gasteiger partial charge on any atom is -0.461 e. The Labute approximate surface area is 94.9 Å². The fourth-order valence-corrected chi connectivity index (χ4v) is 1.40. The first kappa shape index (κ1) is 12.3. The number of rotatable bonds is 4. The van der Waals surface area contributed by atoms with E-state index in [2.05, 4.69) is 11.6 Å². The van der Waals surface area contributed by atoms with Crippen LogP contribution in [-0.4, -0.2) is 22.1 Å². The number of carbonyl (C=O) groups excluding carboxylic acids is 1. The van der Waals surface area contributed by atoms with Gasteiger partial charge < -0.3 is 15.0 Å². The summed E-state index contributed by atoms with van der Waals surface area (Å²) in [7, 11) is 0. The molecule has 0 atom stereocenters. The number of imidazole rings is 1. The van der Waals surface area contributed by atoms with Crippen LogP contribution < -0.4 is 5.73 Å². The smallest absolute Gasteiger partial charge is 0.360 e. The van der Waals surface area contributed by atoms with Crippen LogP contribution in [0.4, 0.5) is 5.82 Å². The van der Waals surface area contributed by atoms with E-state index in [9.17, 15) is 4.79 Å². The van der Waals surface area contributed by atoms with E-state index < -0.39 is 5.97 Å². The first-order chi connectivity index (χ1) is 7.47. The molecule has 0 fully saturated rings. The second-order valence-electron chi connectivity index (χ2n) is 3.66. The van der Waals surface area contributed by atoms with Crippen molar-refractivity contribution in [3.63, 3.8) is 0 Å². The molecule has 0 aliphatic carbocycles. The maximum Gasteiger partial charge on any atom is 0.360 e. The van der Waals surface area contributed by atoms with E-state index in [1.807, 2.05) is 6.92 Å². The molecule has 1 aromatic heterocycles. The fourth-order valence-electron chi connectivity index (χ4n) is 1.40. The predicted molar refractivity (Wildman–Crippen MR) is 62.1 cm³/mol. The molecule has 16 heavy (non-hydrogen) atoms. The Balaban J connectivity index is 3.06. The van der Waals surface area contributed by atoms with Crippen LogP contribution in [0.1, 0.15) is 30.2 Å². The summed E-state index contributed by atoms with van der Waals surface area (Å²) in [5.74, 6) is 0.533. The molecule has 2 N–H and O–H groups in total. The van der Waals surface area contributed by atoms with Crippen LogP contribution in [0.15, 0.2) is 12.2 Å². The highest BCUT2D eigenvalue weighted by atomic mass is 16.5. The number of esters is 1. The number of hydrogen-bond donors (Lipinski definition) is 1. The molecule has 0 radical (unpaired) electrons. The van der Waals surface area contributed by atoms with Crippen molar-refractivity contribution >= 4 is 11.8 Å². The van der Waals surface area contributed by atoms with Crippen LogP contribution in [0.2, 0.25) is 0 Å². The monoisotopic (exact) mass is 223 g/mol. The maximum absolute atomic E-state index is 11.5. The van der Waals surface area contributed by atoms with Gasteiger partial charge in [0.25, 0.3) is 0 Å². The van der Waals surface area contributed by atoms with E-state index in [1.165, 1.54) is 0 Å². The third-order valence-corrected chi connectivity index (χ3v) is 2.09. The van der Waals surface area contributed by atoms with E-state index in [0.717, 1.165) is 5.57 Å². The highest BCUT2D eigenvalue weighted by Gasteiger charge is 2.19.